The molecule has 0 fully saturated rings. The minimum absolute atomic E-state index is 0.308. The molecule has 0 radical (unpaired) electrons. The van der Waals surface area contributed by atoms with Crippen molar-refractivity contribution >= 4 is 0 Å². The zero-order valence-electron chi connectivity index (χ0n) is 50.0. The van der Waals surface area contributed by atoms with Gasteiger partial charge in [0.15, 0.2) is 0 Å². The first-order valence-electron chi connectivity index (χ1n) is 30.9. The highest BCUT2D eigenvalue weighted by atomic mass is 16.6. The Morgan fingerprint density at radius 2 is 0.506 bits per heavy atom. The average molecular weight is 1120 g/mol. The molecule has 0 amide bonds. The van der Waals surface area contributed by atoms with Gasteiger partial charge in [0.25, 0.3) is 0 Å². The van der Waals surface area contributed by atoms with E-state index in [0.29, 0.717) is 91.8 Å². The summed E-state index contributed by atoms with van der Waals surface area (Å²) in [7, 11) is 0. The molecule has 83 heavy (non-hydrogen) atoms. The fraction of sp³-hybridized carbons (Fsp3) is 0.444. The molecular weight excluding hydrogens is 1030 g/mol. The highest BCUT2D eigenvalue weighted by Gasteiger charge is 2.39. The lowest BCUT2D eigenvalue weighted by molar-refractivity contribution is 0.00484. The number of para-hydroxylation sites is 4. The Bertz CT molecular complexity index is 3100. The first-order chi connectivity index (χ1) is 40.4. The number of rotatable bonds is 0. The molecule has 7 aliphatic rings. The van der Waals surface area contributed by atoms with E-state index in [1.807, 2.05) is 0 Å². The predicted octanol–water partition coefficient (Wildman–Crippen LogP) is 14.7. The zero-order valence-corrected chi connectivity index (χ0v) is 50.0. The van der Waals surface area contributed by atoms with Gasteiger partial charge in [0.1, 0.15) is 36.2 Å². The lowest BCUT2D eigenvalue weighted by Crippen LogP contribution is -2.29. The number of aromatic amines is 4. The monoisotopic (exact) mass is 1120 g/mol. The van der Waals surface area contributed by atoms with Gasteiger partial charge in [-0.05, 0) is 160 Å². The maximum Gasteiger partial charge on any atom is 0.126 e. The number of benzene rings is 4. The minimum Gasteiger partial charge on any atom is -0.493 e. The molecule has 1 aliphatic carbocycles. The molecule has 0 saturated carbocycles. The van der Waals surface area contributed by atoms with E-state index in [9.17, 15) is 0 Å². The van der Waals surface area contributed by atoms with E-state index in [0.717, 1.165) is 119 Å². The molecule has 10 heterocycles. The Balaban J connectivity index is 0.973. The summed E-state index contributed by atoms with van der Waals surface area (Å²) in [5.41, 5.74) is 17.3. The van der Waals surface area contributed by atoms with Crippen LogP contribution in [0.4, 0.5) is 0 Å². The lowest BCUT2D eigenvalue weighted by atomic mass is 9.78. The zero-order chi connectivity index (χ0) is 57.0. The Hall–Kier alpha value is -6.92. The third kappa shape index (κ3) is 11.7. The Morgan fingerprint density at radius 1 is 0.265 bits per heavy atom. The summed E-state index contributed by atoms with van der Waals surface area (Å²) >= 11 is 0. The smallest absolute Gasteiger partial charge is 0.126 e. The second-order valence-corrected chi connectivity index (χ2v) is 25.2. The normalized spacial score (nSPS) is 21.8. The molecule has 0 atom stereocenters. The van der Waals surface area contributed by atoms with Gasteiger partial charge < -0.3 is 53.1 Å². The molecule has 4 aromatic heterocycles. The van der Waals surface area contributed by atoms with E-state index in [2.05, 4.69) is 183 Å². The molecule has 11 nitrogen and oxygen atoms in total. The standard InChI is InChI=1S/C72H86N4O7/c1-69(2)57-25-29-61(73-57)71(5)33-9-7-11-35-80-65-49-17-13-18-50(65)46-54-22-16-24-56-48-52-20-14-19-51(47-55-23-15-21-53(45-49)67(55)82-43-41-78-39-37-77-38-40-79-42-44-83-68(54)56)66(52)81-36-12-8-10-34-72(6,62-30-26-58(69)74-62)64-32-28-60(76-64)70(3,4)59-27-31-63(71)75-59/h13-32,73-76H,7-12,33-48H2,1-6H3. The van der Waals surface area contributed by atoms with Crippen molar-refractivity contribution in [3.63, 3.8) is 0 Å². The lowest BCUT2D eigenvalue weighted by Gasteiger charge is -2.31. The van der Waals surface area contributed by atoms with Crippen molar-refractivity contribution in [1.29, 1.82) is 0 Å². The van der Waals surface area contributed by atoms with Crippen LogP contribution in [-0.2, 0) is 61.6 Å². The van der Waals surface area contributed by atoms with Crippen LogP contribution in [0, 0.1) is 0 Å². The van der Waals surface area contributed by atoms with Crippen molar-refractivity contribution in [2.75, 3.05) is 66.1 Å². The molecule has 11 heteroatoms. The number of hydrogen-bond donors (Lipinski definition) is 4. The van der Waals surface area contributed by atoms with Gasteiger partial charge in [0.05, 0.1) is 52.9 Å². The van der Waals surface area contributed by atoms with Gasteiger partial charge >= 0.3 is 0 Å². The highest BCUT2D eigenvalue weighted by Crippen LogP contribution is 2.45. The SMILES string of the molecule is CC1(C)c2ccc([nH]2)C2(C)CCCCCOc3c4cccc3Cc3cccc5c3OCCOCCOCCOCCOc3c(cccc3Cc3cccc(c3OCCCCCC(C)(c3ccc1[nH]3)c1ccc([nH]1)C(C)(C)c1ccc2[nH]1)C5)C4. The van der Waals surface area contributed by atoms with Crippen LogP contribution in [0.5, 0.6) is 23.0 Å². The molecule has 8 aromatic rings. The first kappa shape index (κ1) is 56.6. The van der Waals surface area contributed by atoms with Gasteiger partial charge in [-0.2, -0.15) is 0 Å². The first-order valence-corrected chi connectivity index (χ1v) is 30.9. The van der Waals surface area contributed by atoms with Gasteiger partial charge in [-0.3, -0.25) is 0 Å². The molecule has 0 saturated heterocycles. The third-order valence-corrected chi connectivity index (χ3v) is 18.9. The number of H-pyrrole nitrogens is 4. The van der Waals surface area contributed by atoms with Crippen LogP contribution in [0.25, 0.3) is 0 Å². The molecule has 4 aromatic carbocycles. The fourth-order valence-electron chi connectivity index (χ4n) is 13.5. The van der Waals surface area contributed by atoms with Crippen LogP contribution in [0.15, 0.2) is 121 Å². The van der Waals surface area contributed by atoms with E-state index >= 15 is 0 Å². The summed E-state index contributed by atoms with van der Waals surface area (Å²) in [5.74, 6) is 3.64. The van der Waals surface area contributed by atoms with Crippen LogP contribution in [0.3, 0.4) is 0 Å². The molecule has 4 N–H and O–H groups in total. The molecular formula is C72H86N4O7. The molecule has 6 aliphatic heterocycles. The number of ether oxygens (including phenoxy) is 7. The Kier molecular flexibility index (Phi) is 16.6. The van der Waals surface area contributed by atoms with E-state index < -0.39 is 0 Å². The van der Waals surface area contributed by atoms with Crippen molar-refractivity contribution in [3.8, 4) is 23.0 Å². The quantitative estimate of drug-likeness (QED) is 0.119. The van der Waals surface area contributed by atoms with E-state index in [4.69, 9.17) is 33.2 Å². The summed E-state index contributed by atoms with van der Waals surface area (Å²) in [5, 5.41) is 0. The van der Waals surface area contributed by atoms with Gasteiger partial charge in [-0.1, -0.05) is 98.5 Å². The molecule has 436 valence electrons. The van der Waals surface area contributed by atoms with Crippen LogP contribution in [-0.4, -0.2) is 86.0 Å². The van der Waals surface area contributed by atoms with Gasteiger partial charge in [-0.15, -0.1) is 0 Å². The van der Waals surface area contributed by atoms with Crippen LogP contribution < -0.4 is 18.9 Å². The van der Waals surface area contributed by atoms with Gasteiger partial charge in [0.2, 0.25) is 0 Å². The molecule has 0 spiro atoms. The molecule has 22 bridgehead atoms. The van der Waals surface area contributed by atoms with E-state index in [1.165, 1.54) is 45.6 Å². The summed E-state index contributed by atoms with van der Waals surface area (Å²) < 4.78 is 46.2. The van der Waals surface area contributed by atoms with Crippen molar-refractivity contribution in [3.05, 3.63) is 211 Å². The summed E-state index contributed by atoms with van der Waals surface area (Å²) in [6.45, 7) is 19.0. The summed E-state index contributed by atoms with van der Waals surface area (Å²) in [6.07, 6.45) is 10.2. The van der Waals surface area contributed by atoms with Crippen LogP contribution in [0.2, 0.25) is 0 Å². The van der Waals surface area contributed by atoms with Gasteiger partial charge in [0, 0.05) is 92.9 Å². The second-order valence-electron chi connectivity index (χ2n) is 25.2. The Labute approximate surface area is 491 Å². The third-order valence-electron chi connectivity index (χ3n) is 18.9. The minimum atomic E-state index is -0.318. The molecule has 15 rings (SSSR count). The van der Waals surface area contributed by atoms with E-state index in [-0.39, 0.29) is 21.7 Å². The van der Waals surface area contributed by atoms with Crippen molar-refractivity contribution in [2.24, 2.45) is 0 Å². The summed E-state index contributed by atoms with van der Waals surface area (Å²) in [4.78, 5) is 16.2. The van der Waals surface area contributed by atoms with Crippen LogP contribution in [0.1, 0.15) is 183 Å². The van der Waals surface area contributed by atoms with Crippen molar-refractivity contribution < 1.29 is 33.2 Å². The predicted molar refractivity (Wildman–Crippen MR) is 329 cm³/mol. The van der Waals surface area contributed by atoms with E-state index in [1.54, 1.807) is 0 Å². The van der Waals surface area contributed by atoms with Crippen molar-refractivity contribution in [1.82, 2.24) is 19.9 Å². The summed E-state index contributed by atoms with van der Waals surface area (Å²) in [6, 6.07) is 45.2. The fourth-order valence-corrected chi connectivity index (χ4v) is 13.5. The van der Waals surface area contributed by atoms with Crippen LogP contribution >= 0.6 is 0 Å². The maximum absolute atomic E-state index is 7.19. The Morgan fingerprint density at radius 3 is 0.783 bits per heavy atom. The highest BCUT2D eigenvalue weighted by molar-refractivity contribution is 5.56. The number of hydrogen-bond acceptors (Lipinski definition) is 7. The molecule has 0 unspecified atom stereocenters. The number of nitrogens with one attached hydrogen (secondary N) is 4. The average Bonchev–Trinajstić information content (AvgIpc) is 4.27. The maximum atomic E-state index is 7.19. The largest absolute Gasteiger partial charge is 0.493 e. The van der Waals surface area contributed by atoms with Gasteiger partial charge in [-0.25, -0.2) is 0 Å². The van der Waals surface area contributed by atoms with Crippen molar-refractivity contribution in [2.45, 2.75) is 140 Å². The number of aromatic nitrogens is 4. The topological polar surface area (TPSA) is 128 Å². The second kappa shape index (κ2) is 24.4.